The fourth-order valence-electron chi connectivity index (χ4n) is 2.81. The maximum atomic E-state index is 12.9. The Kier molecular flexibility index (Phi) is 5.28. The number of carbonyl (C=O) groups is 1. The van der Waals surface area contributed by atoms with Crippen molar-refractivity contribution in [2.24, 2.45) is 0 Å². The van der Waals surface area contributed by atoms with E-state index >= 15 is 0 Å². The van der Waals surface area contributed by atoms with E-state index in [0.717, 1.165) is 31.7 Å². The highest BCUT2D eigenvalue weighted by atomic mass is 16.2. The summed E-state index contributed by atoms with van der Waals surface area (Å²) in [6, 6.07) is 11.7. The molecule has 1 N–H and O–H groups in total. The van der Waals surface area contributed by atoms with Gasteiger partial charge >= 0.3 is 0 Å². The van der Waals surface area contributed by atoms with Gasteiger partial charge in [0.1, 0.15) is 11.5 Å². The summed E-state index contributed by atoms with van der Waals surface area (Å²) in [4.78, 5) is 26.1. The molecule has 0 unspecified atom stereocenters. The van der Waals surface area contributed by atoms with E-state index in [0.29, 0.717) is 17.3 Å². The number of benzene rings is 1. The Balaban J connectivity index is 1.93. The fourth-order valence-corrected chi connectivity index (χ4v) is 2.81. The highest BCUT2D eigenvalue weighted by Gasteiger charge is 2.23. The van der Waals surface area contributed by atoms with E-state index in [9.17, 15) is 4.79 Å². The third kappa shape index (κ3) is 4.33. The molecular weight excluding hydrogens is 314 g/mol. The molecule has 0 aliphatic carbocycles. The van der Waals surface area contributed by atoms with E-state index in [4.69, 9.17) is 0 Å². The van der Waals surface area contributed by atoms with Crippen LogP contribution in [0.5, 0.6) is 0 Å². The number of nitrogens with zero attached hydrogens (tertiary/aromatic N) is 4. The molecule has 0 saturated carbocycles. The van der Waals surface area contributed by atoms with Gasteiger partial charge in [0, 0.05) is 43.9 Å². The van der Waals surface area contributed by atoms with E-state index in [1.807, 2.05) is 49.1 Å². The summed E-state index contributed by atoms with van der Waals surface area (Å²) in [7, 11) is 2.07. The van der Waals surface area contributed by atoms with E-state index in [-0.39, 0.29) is 11.9 Å². The molecular formula is C19H25N5O. The number of hydrogen-bond donors (Lipinski definition) is 1. The molecule has 0 bridgehead atoms. The first-order valence-corrected chi connectivity index (χ1v) is 8.72. The van der Waals surface area contributed by atoms with Crippen molar-refractivity contribution in [1.82, 2.24) is 19.8 Å². The number of aromatic nitrogens is 2. The zero-order chi connectivity index (χ0) is 17.8. The molecule has 0 atom stereocenters. The first kappa shape index (κ1) is 17.4. The smallest absolute Gasteiger partial charge is 0.272 e. The lowest BCUT2D eigenvalue weighted by atomic mass is 10.2. The molecule has 1 aromatic carbocycles. The second kappa shape index (κ2) is 7.61. The van der Waals surface area contributed by atoms with Crippen molar-refractivity contribution < 1.29 is 4.79 Å². The molecule has 1 fully saturated rings. The summed E-state index contributed by atoms with van der Waals surface area (Å²) >= 11 is 0. The van der Waals surface area contributed by atoms with Crippen LogP contribution in [0, 0.1) is 0 Å². The highest BCUT2D eigenvalue weighted by Crippen LogP contribution is 2.19. The second-order valence-electron chi connectivity index (χ2n) is 6.72. The standard InChI is InChI=1S/C19H25N5O/c1-14(2)20-17-13-16(19(25)24-11-9-23(3)10-12-24)21-18(22-17)15-7-5-4-6-8-15/h4-8,13-14H,9-12H2,1-3H3,(H,20,21,22). The monoisotopic (exact) mass is 339 g/mol. The molecule has 1 amide bonds. The van der Waals surface area contributed by atoms with Crippen LogP contribution in [-0.4, -0.2) is 64.9 Å². The zero-order valence-corrected chi connectivity index (χ0v) is 15.1. The summed E-state index contributed by atoms with van der Waals surface area (Å²) < 4.78 is 0. The summed E-state index contributed by atoms with van der Waals surface area (Å²) in [5.41, 5.74) is 1.35. The van der Waals surface area contributed by atoms with Gasteiger partial charge in [-0.05, 0) is 20.9 Å². The van der Waals surface area contributed by atoms with Crippen molar-refractivity contribution in [3.05, 3.63) is 42.1 Å². The van der Waals surface area contributed by atoms with E-state index < -0.39 is 0 Å². The number of amides is 1. The number of hydrogen-bond acceptors (Lipinski definition) is 5. The predicted molar refractivity (Wildman–Crippen MR) is 99.6 cm³/mol. The lowest BCUT2D eigenvalue weighted by Gasteiger charge is -2.32. The molecule has 2 heterocycles. The van der Waals surface area contributed by atoms with Crippen LogP contribution in [0.1, 0.15) is 24.3 Å². The quantitative estimate of drug-likeness (QED) is 0.926. The Hall–Kier alpha value is -2.47. The van der Waals surface area contributed by atoms with Gasteiger partial charge in [0.2, 0.25) is 0 Å². The predicted octanol–water partition coefficient (Wildman–Crippen LogP) is 2.35. The molecule has 0 radical (unpaired) electrons. The third-order valence-corrected chi connectivity index (χ3v) is 4.20. The van der Waals surface area contributed by atoms with Crippen molar-refractivity contribution >= 4 is 11.7 Å². The Morgan fingerprint density at radius 3 is 2.40 bits per heavy atom. The first-order chi connectivity index (χ1) is 12.0. The normalized spacial score (nSPS) is 15.4. The number of likely N-dealkylation sites (N-methyl/N-ethyl adjacent to an activating group) is 1. The van der Waals surface area contributed by atoms with Gasteiger partial charge in [-0.1, -0.05) is 30.3 Å². The minimum absolute atomic E-state index is 0.0283. The van der Waals surface area contributed by atoms with Gasteiger partial charge in [-0.2, -0.15) is 0 Å². The summed E-state index contributed by atoms with van der Waals surface area (Å²) in [6.45, 7) is 7.33. The average molecular weight is 339 g/mol. The summed E-state index contributed by atoms with van der Waals surface area (Å²) in [6.07, 6.45) is 0. The van der Waals surface area contributed by atoms with Crippen molar-refractivity contribution in [2.75, 3.05) is 38.5 Å². The van der Waals surface area contributed by atoms with E-state index in [2.05, 4.69) is 27.2 Å². The van der Waals surface area contributed by atoms with Crippen LogP contribution < -0.4 is 5.32 Å². The van der Waals surface area contributed by atoms with Gasteiger partial charge in [0.05, 0.1) is 0 Å². The Morgan fingerprint density at radius 1 is 1.08 bits per heavy atom. The zero-order valence-electron chi connectivity index (χ0n) is 15.1. The summed E-state index contributed by atoms with van der Waals surface area (Å²) in [5, 5.41) is 3.29. The topological polar surface area (TPSA) is 61.4 Å². The van der Waals surface area contributed by atoms with Crippen molar-refractivity contribution in [3.63, 3.8) is 0 Å². The minimum Gasteiger partial charge on any atom is -0.368 e. The maximum Gasteiger partial charge on any atom is 0.272 e. The average Bonchev–Trinajstić information content (AvgIpc) is 2.61. The van der Waals surface area contributed by atoms with Gasteiger partial charge in [0.25, 0.3) is 5.91 Å². The summed E-state index contributed by atoms with van der Waals surface area (Å²) in [5.74, 6) is 1.23. The van der Waals surface area contributed by atoms with Gasteiger partial charge in [0.15, 0.2) is 5.82 Å². The van der Waals surface area contributed by atoms with Crippen LogP contribution in [0.25, 0.3) is 11.4 Å². The second-order valence-corrected chi connectivity index (χ2v) is 6.72. The minimum atomic E-state index is -0.0283. The van der Waals surface area contributed by atoms with Crippen molar-refractivity contribution in [1.29, 1.82) is 0 Å². The molecule has 1 saturated heterocycles. The first-order valence-electron chi connectivity index (χ1n) is 8.72. The van der Waals surface area contributed by atoms with Crippen LogP contribution in [0.15, 0.2) is 36.4 Å². The molecule has 1 aliphatic rings. The number of carbonyl (C=O) groups excluding carboxylic acids is 1. The molecule has 6 nitrogen and oxygen atoms in total. The van der Waals surface area contributed by atoms with Crippen molar-refractivity contribution in [2.45, 2.75) is 19.9 Å². The Bertz CT molecular complexity index is 724. The SMILES string of the molecule is CC(C)Nc1cc(C(=O)N2CCN(C)CC2)nc(-c2ccccc2)n1. The third-order valence-electron chi connectivity index (χ3n) is 4.20. The molecule has 132 valence electrons. The number of nitrogens with one attached hydrogen (secondary N) is 1. The lowest BCUT2D eigenvalue weighted by molar-refractivity contribution is 0.0658. The van der Waals surface area contributed by atoms with Crippen LogP contribution in [0.3, 0.4) is 0 Å². The van der Waals surface area contributed by atoms with E-state index in [1.54, 1.807) is 6.07 Å². The number of anilines is 1. The maximum absolute atomic E-state index is 12.9. The van der Waals surface area contributed by atoms with Crippen LogP contribution in [0.2, 0.25) is 0 Å². The fraction of sp³-hybridized carbons (Fsp3) is 0.421. The van der Waals surface area contributed by atoms with Crippen LogP contribution >= 0.6 is 0 Å². The number of rotatable bonds is 4. The molecule has 1 aliphatic heterocycles. The van der Waals surface area contributed by atoms with Crippen LogP contribution in [0.4, 0.5) is 5.82 Å². The number of piperazine rings is 1. The Morgan fingerprint density at radius 2 is 1.76 bits per heavy atom. The largest absolute Gasteiger partial charge is 0.368 e. The molecule has 2 aromatic rings. The van der Waals surface area contributed by atoms with Gasteiger partial charge in [-0.15, -0.1) is 0 Å². The van der Waals surface area contributed by atoms with Crippen LogP contribution in [-0.2, 0) is 0 Å². The highest BCUT2D eigenvalue weighted by molar-refractivity contribution is 5.93. The molecule has 6 heteroatoms. The van der Waals surface area contributed by atoms with Crippen molar-refractivity contribution in [3.8, 4) is 11.4 Å². The molecule has 3 rings (SSSR count). The van der Waals surface area contributed by atoms with E-state index in [1.165, 1.54) is 0 Å². The van der Waals surface area contributed by atoms with Gasteiger partial charge in [-0.3, -0.25) is 4.79 Å². The van der Waals surface area contributed by atoms with Gasteiger partial charge < -0.3 is 15.1 Å². The van der Waals surface area contributed by atoms with Gasteiger partial charge in [-0.25, -0.2) is 9.97 Å². The molecule has 25 heavy (non-hydrogen) atoms. The molecule has 0 spiro atoms. The lowest BCUT2D eigenvalue weighted by Crippen LogP contribution is -2.47. The Labute approximate surface area is 148 Å². The molecule has 1 aromatic heterocycles.